The molecule has 3 nitrogen and oxygen atoms in total. The van der Waals surface area contributed by atoms with Crippen molar-refractivity contribution in [2.75, 3.05) is 20.1 Å². The number of amides is 1. The first kappa shape index (κ1) is 16.0. The molecule has 1 aliphatic rings. The molecular formula is C17H25FN2O. The molecule has 2 rings (SSSR count). The quantitative estimate of drug-likeness (QED) is 0.909. The van der Waals surface area contributed by atoms with E-state index in [1.165, 1.54) is 12.1 Å². The molecule has 0 aliphatic carbocycles. The van der Waals surface area contributed by atoms with Gasteiger partial charge in [-0.3, -0.25) is 4.79 Å². The van der Waals surface area contributed by atoms with Crippen molar-refractivity contribution in [2.45, 2.75) is 39.2 Å². The molecule has 1 fully saturated rings. The van der Waals surface area contributed by atoms with Gasteiger partial charge in [0.25, 0.3) is 0 Å². The first-order valence-electron chi connectivity index (χ1n) is 7.50. The van der Waals surface area contributed by atoms with Crippen molar-refractivity contribution >= 4 is 5.91 Å². The summed E-state index contributed by atoms with van der Waals surface area (Å²) < 4.78 is 13.0. The van der Waals surface area contributed by atoms with Crippen molar-refractivity contribution < 1.29 is 9.18 Å². The number of nitrogens with one attached hydrogen (secondary N) is 1. The van der Waals surface area contributed by atoms with Crippen LogP contribution in [0, 0.1) is 11.2 Å². The monoisotopic (exact) mass is 292 g/mol. The first-order chi connectivity index (χ1) is 9.75. The number of hydrogen-bond donors (Lipinski definition) is 1. The highest BCUT2D eigenvalue weighted by Crippen LogP contribution is 2.27. The lowest BCUT2D eigenvalue weighted by Crippen LogP contribution is -2.51. The van der Waals surface area contributed by atoms with E-state index in [-0.39, 0.29) is 23.2 Å². The standard InChI is InChI=1S/C17H25FN2O/c1-17(2,3)16(21)19-15-9-13(10-20(4)11-15)12-5-7-14(18)8-6-12/h5-8,13,15H,9-11H2,1-4H3,(H,19,21). The summed E-state index contributed by atoms with van der Waals surface area (Å²) in [6.07, 6.45) is 0.901. The summed E-state index contributed by atoms with van der Waals surface area (Å²) in [6.45, 7) is 7.57. The molecule has 0 radical (unpaired) electrons. The Morgan fingerprint density at radius 1 is 1.24 bits per heavy atom. The summed E-state index contributed by atoms with van der Waals surface area (Å²) >= 11 is 0. The van der Waals surface area contributed by atoms with E-state index in [0.717, 1.165) is 25.1 Å². The lowest BCUT2D eigenvalue weighted by molar-refractivity contribution is -0.129. The van der Waals surface area contributed by atoms with Crippen LogP contribution in [0.15, 0.2) is 24.3 Å². The van der Waals surface area contributed by atoms with Crippen molar-refractivity contribution in [3.63, 3.8) is 0 Å². The molecule has 0 aromatic heterocycles. The van der Waals surface area contributed by atoms with Gasteiger partial charge in [-0.05, 0) is 37.1 Å². The Morgan fingerprint density at radius 2 is 1.86 bits per heavy atom. The van der Waals surface area contributed by atoms with E-state index in [1.54, 1.807) is 0 Å². The van der Waals surface area contributed by atoms with E-state index in [1.807, 2.05) is 32.9 Å². The Hall–Kier alpha value is -1.42. The minimum absolute atomic E-state index is 0.0839. The van der Waals surface area contributed by atoms with E-state index in [2.05, 4.69) is 17.3 Å². The number of piperidine rings is 1. The predicted octanol–water partition coefficient (Wildman–Crippen LogP) is 2.78. The number of nitrogens with zero attached hydrogens (tertiary/aromatic N) is 1. The van der Waals surface area contributed by atoms with Gasteiger partial charge in [-0.2, -0.15) is 0 Å². The molecule has 0 bridgehead atoms. The average Bonchev–Trinajstić information content (AvgIpc) is 2.37. The Morgan fingerprint density at radius 3 is 2.43 bits per heavy atom. The summed E-state index contributed by atoms with van der Waals surface area (Å²) in [6, 6.07) is 6.86. The number of halogens is 1. The summed E-state index contributed by atoms with van der Waals surface area (Å²) in [7, 11) is 2.06. The van der Waals surface area contributed by atoms with E-state index in [9.17, 15) is 9.18 Å². The molecule has 1 amide bonds. The Bertz CT molecular complexity index is 493. The van der Waals surface area contributed by atoms with Crippen molar-refractivity contribution in [3.05, 3.63) is 35.6 Å². The highest BCUT2D eigenvalue weighted by atomic mass is 19.1. The molecule has 2 atom stereocenters. The fraction of sp³-hybridized carbons (Fsp3) is 0.588. The molecule has 1 saturated heterocycles. The normalized spacial score (nSPS) is 23.9. The highest BCUT2D eigenvalue weighted by molar-refractivity contribution is 5.81. The second-order valence-electron chi connectivity index (χ2n) is 7.13. The summed E-state index contributed by atoms with van der Waals surface area (Å²) in [5, 5.41) is 3.15. The topological polar surface area (TPSA) is 32.3 Å². The summed E-state index contributed by atoms with van der Waals surface area (Å²) in [5.41, 5.74) is 0.763. The smallest absolute Gasteiger partial charge is 0.225 e. The second kappa shape index (κ2) is 6.14. The molecule has 2 unspecified atom stereocenters. The van der Waals surface area contributed by atoms with Crippen LogP contribution in [-0.2, 0) is 4.79 Å². The third-order valence-electron chi connectivity index (χ3n) is 3.99. The van der Waals surface area contributed by atoms with Gasteiger partial charge in [0.15, 0.2) is 0 Å². The Labute approximate surface area is 126 Å². The SMILES string of the molecule is CN1CC(NC(=O)C(C)(C)C)CC(c2ccc(F)cc2)C1. The molecule has 1 aliphatic heterocycles. The highest BCUT2D eigenvalue weighted by Gasteiger charge is 2.30. The number of hydrogen-bond acceptors (Lipinski definition) is 2. The van der Waals surface area contributed by atoms with Crippen molar-refractivity contribution in [3.8, 4) is 0 Å². The molecule has 1 heterocycles. The second-order valence-corrected chi connectivity index (χ2v) is 7.13. The molecule has 1 aromatic rings. The lowest BCUT2D eigenvalue weighted by atomic mass is 9.87. The number of likely N-dealkylation sites (tertiary alicyclic amines) is 1. The van der Waals surface area contributed by atoms with Crippen LogP contribution in [0.3, 0.4) is 0 Å². The fourth-order valence-electron chi connectivity index (χ4n) is 2.80. The van der Waals surface area contributed by atoms with Crippen molar-refractivity contribution in [1.82, 2.24) is 10.2 Å². The van der Waals surface area contributed by atoms with Gasteiger partial charge in [0.2, 0.25) is 5.91 Å². The van der Waals surface area contributed by atoms with E-state index in [4.69, 9.17) is 0 Å². The number of benzene rings is 1. The minimum atomic E-state index is -0.374. The molecule has 4 heteroatoms. The Kier molecular flexibility index (Phi) is 4.67. The summed E-state index contributed by atoms with van der Waals surface area (Å²) in [5.74, 6) is 0.204. The lowest BCUT2D eigenvalue weighted by Gasteiger charge is -2.37. The average molecular weight is 292 g/mol. The first-order valence-corrected chi connectivity index (χ1v) is 7.50. The molecule has 0 spiro atoms. The van der Waals surface area contributed by atoms with E-state index < -0.39 is 0 Å². The van der Waals surface area contributed by atoms with Gasteiger partial charge in [0.1, 0.15) is 5.82 Å². The number of carbonyl (C=O) groups excluding carboxylic acids is 1. The third kappa shape index (κ3) is 4.27. The minimum Gasteiger partial charge on any atom is -0.352 e. The van der Waals surface area contributed by atoms with E-state index in [0.29, 0.717) is 5.92 Å². The molecule has 116 valence electrons. The van der Waals surface area contributed by atoms with Gasteiger partial charge >= 0.3 is 0 Å². The fourth-order valence-corrected chi connectivity index (χ4v) is 2.80. The Balaban J connectivity index is 2.05. The van der Waals surface area contributed by atoms with Crippen molar-refractivity contribution in [2.24, 2.45) is 5.41 Å². The van der Waals surface area contributed by atoms with Gasteiger partial charge in [0, 0.05) is 24.5 Å². The molecule has 1 aromatic carbocycles. The number of rotatable bonds is 2. The maximum Gasteiger partial charge on any atom is 0.225 e. The molecular weight excluding hydrogens is 267 g/mol. The zero-order valence-electron chi connectivity index (χ0n) is 13.3. The van der Waals surface area contributed by atoms with E-state index >= 15 is 0 Å². The number of carbonyl (C=O) groups is 1. The van der Waals surface area contributed by atoms with Crippen LogP contribution < -0.4 is 5.32 Å². The van der Waals surface area contributed by atoms with Gasteiger partial charge in [0.05, 0.1) is 0 Å². The molecule has 21 heavy (non-hydrogen) atoms. The van der Waals surface area contributed by atoms with Crippen LogP contribution in [0.4, 0.5) is 4.39 Å². The van der Waals surface area contributed by atoms with Crippen LogP contribution in [0.25, 0.3) is 0 Å². The van der Waals surface area contributed by atoms with Gasteiger partial charge in [-0.15, -0.1) is 0 Å². The number of likely N-dealkylation sites (N-methyl/N-ethyl adjacent to an activating group) is 1. The molecule has 1 N–H and O–H groups in total. The van der Waals surface area contributed by atoms with Crippen LogP contribution in [0.5, 0.6) is 0 Å². The van der Waals surface area contributed by atoms with Crippen LogP contribution >= 0.6 is 0 Å². The maximum absolute atomic E-state index is 13.0. The summed E-state index contributed by atoms with van der Waals surface area (Å²) in [4.78, 5) is 14.4. The van der Waals surface area contributed by atoms with Gasteiger partial charge in [-0.1, -0.05) is 32.9 Å². The maximum atomic E-state index is 13.0. The van der Waals surface area contributed by atoms with Crippen LogP contribution in [0.2, 0.25) is 0 Å². The largest absolute Gasteiger partial charge is 0.352 e. The zero-order chi connectivity index (χ0) is 15.6. The van der Waals surface area contributed by atoms with Gasteiger partial charge in [-0.25, -0.2) is 4.39 Å². The van der Waals surface area contributed by atoms with Crippen LogP contribution in [0.1, 0.15) is 38.7 Å². The zero-order valence-corrected chi connectivity index (χ0v) is 13.3. The third-order valence-corrected chi connectivity index (χ3v) is 3.99. The van der Waals surface area contributed by atoms with Crippen LogP contribution in [-0.4, -0.2) is 37.0 Å². The van der Waals surface area contributed by atoms with Gasteiger partial charge < -0.3 is 10.2 Å². The van der Waals surface area contributed by atoms with Crippen molar-refractivity contribution in [1.29, 1.82) is 0 Å². The predicted molar refractivity (Wildman–Crippen MR) is 82.6 cm³/mol. The molecule has 0 saturated carbocycles.